The number of hydrogen-bond donors (Lipinski definition) is 2. The summed E-state index contributed by atoms with van der Waals surface area (Å²) >= 11 is 5.83. The van der Waals surface area contributed by atoms with Crippen molar-refractivity contribution in [1.82, 2.24) is 0 Å². The first-order valence-corrected chi connectivity index (χ1v) is 7.76. The van der Waals surface area contributed by atoms with Gasteiger partial charge in [-0.3, -0.25) is 4.79 Å². The molecule has 2 N–H and O–H groups in total. The minimum atomic E-state index is -0.566. The zero-order valence-electron chi connectivity index (χ0n) is 13.0. The summed E-state index contributed by atoms with van der Waals surface area (Å²) in [6, 6.07) is 11.3. The van der Waals surface area contributed by atoms with Crippen LogP contribution < -0.4 is 14.8 Å². The van der Waals surface area contributed by atoms with E-state index in [2.05, 4.69) is 5.32 Å². The van der Waals surface area contributed by atoms with Crippen LogP contribution in [0, 0.1) is 11.3 Å². The molecule has 0 aliphatic carbocycles. The van der Waals surface area contributed by atoms with Gasteiger partial charge in [0, 0.05) is 11.8 Å². The van der Waals surface area contributed by atoms with Crippen molar-refractivity contribution >= 4 is 29.3 Å². The van der Waals surface area contributed by atoms with Gasteiger partial charge in [0.25, 0.3) is 5.91 Å². The molecule has 0 radical (unpaired) electrons. The molecule has 126 valence electrons. The Morgan fingerprint density at radius 2 is 1.96 bits per heavy atom. The van der Waals surface area contributed by atoms with Crippen molar-refractivity contribution in [1.29, 1.82) is 5.26 Å². The zero-order valence-corrected chi connectivity index (χ0v) is 13.7. The molecule has 0 bridgehead atoms. The van der Waals surface area contributed by atoms with Crippen molar-refractivity contribution < 1.29 is 19.4 Å². The summed E-state index contributed by atoms with van der Waals surface area (Å²) in [6.07, 6.45) is 1.39. The normalized spacial score (nSPS) is 13.0. The molecule has 0 saturated carbocycles. The van der Waals surface area contributed by atoms with Crippen LogP contribution in [0.15, 0.2) is 42.0 Å². The third kappa shape index (κ3) is 3.84. The predicted molar refractivity (Wildman–Crippen MR) is 92.8 cm³/mol. The Bertz CT molecular complexity index is 902. The Morgan fingerprint density at radius 3 is 2.68 bits per heavy atom. The van der Waals surface area contributed by atoms with Crippen LogP contribution >= 0.6 is 11.6 Å². The average Bonchev–Trinajstić information content (AvgIpc) is 2.62. The fourth-order valence-corrected chi connectivity index (χ4v) is 2.44. The van der Waals surface area contributed by atoms with Gasteiger partial charge in [0.1, 0.15) is 30.6 Å². The molecule has 0 fully saturated rings. The second-order valence-electron chi connectivity index (χ2n) is 5.19. The maximum Gasteiger partial charge on any atom is 0.266 e. The number of benzene rings is 2. The van der Waals surface area contributed by atoms with Gasteiger partial charge in [0.15, 0.2) is 11.5 Å². The molecule has 1 aliphatic rings. The topological polar surface area (TPSA) is 91.6 Å². The number of carbonyl (C=O) groups is 1. The molecule has 0 unspecified atom stereocenters. The monoisotopic (exact) mass is 356 g/mol. The minimum Gasteiger partial charge on any atom is -0.506 e. The van der Waals surface area contributed by atoms with Gasteiger partial charge < -0.3 is 19.9 Å². The van der Waals surface area contributed by atoms with Gasteiger partial charge >= 0.3 is 0 Å². The van der Waals surface area contributed by atoms with Crippen molar-refractivity contribution in [2.45, 2.75) is 0 Å². The summed E-state index contributed by atoms with van der Waals surface area (Å²) in [7, 11) is 0. The van der Waals surface area contributed by atoms with Gasteiger partial charge in [-0.25, -0.2) is 0 Å². The average molecular weight is 357 g/mol. The molecule has 2 aromatic carbocycles. The first-order chi connectivity index (χ1) is 12.1. The van der Waals surface area contributed by atoms with Crippen molar-refractivity contribution in [2.75, 3.05) is 18.5 Å². The molecule has 3 rings (SSSR count). The Balaban J connectivity index is 1.79. The molecule has 7 heteroatoms. The third-order valence-corrected chi connectivity index (χ3v) is 3.75. The highest BCUT2D eigenvalue weighted by Crippen LogP contribution is 2.32. The molecule has 1 aliphatic heterocycles. The zero-order chi connectivity index (χ0) is 17.8. The van der Waals surface area contributed by atoms with E-state index in [1.807, 2.05) is 6.07 Å². The maximum absolute atomic E-state index is 12.3. The van der Waals surface area contributed by atoms with Crippen molar-refractivity contribution in [3.05, 3.63) is 52.6 Å². The van der Waals surface area contributed by atoms with Crippen molar-refractivity contribution in [3.8, 4) is 23.3 Å². The molecule has 1 heterocycles. The van der Waals surface area contributed by atoms with E-state index in [9.17, 15) is 15.2 Å². The number of halogens is 1. The smallest absolute Gasteiger partial charge is 0.266 e. The number of amides is 1. The number of fused-ring (bicyclic) bond motifs is 1. The fraction of sp³-hybridized carbons (Fsp3) is 0.111. The number of nitrogens with one attached hydrogen (secondary N) is 1. The van der Waals surface area contributed by atoms with Crippen LogP contribution in [0.1, 0.15) is 5.56 Å². The SMILES string of the molecule is N#CC(=Cc1ccc(O)c(Cl)c1)C(=O)Nc1ccc2c(c1)OCCO2. The number of ether oxygens (including phenoxy) is 2. The van der Waals surface area contributed by atoms with Crippen LogP contribution in [-0.2, 0) is 4.79 Å². The van der Waals surface area contributed by atoms with Gasteiger partial charge in [0.2, 0.25) is 0 Å². The van der Waals surface area contributed by atoms with Crippen LogP contribution in [0.2, 0.25) is 5.02 Å². The molecule has 0 aromatic heterocycles. The Hall–Kier alpha value is -3.17. The lowest BCUT2D eigenvalue weighted by molar-refractivity contribution is -0.112. The lowest BCUT2D eigenvalue weighted by Crippen LogP contribution is -2.17. The highest BCUT2D eigenvalue weighted by Gasteiger charge is 2.14. The number of nitriles is 1. The Labute approximate surface area is 148 Å². The first-order valence-electron chi connectivity index (χ1n) is 7.38. The number of nitrogens with zero attached hydrogens (tertiary/aromatic N) is 1. The van der Waals surface area contributed by atoms with Crippen LogP contribution in [0.5, 0.6) is 17.2 Å². The molecule has 6 nitrogen and oxygen atoms in total. The van der Waals surface area contributed by atoms with Gasteiger partial charge in [-0.15, -0.1) is 0 Å². The molecule has 1 amide bonds. The van der Waals surface area contributed by atoms with Crippen LogP contribution in [0.25, 0.3) is 6.08 Å². The fourth-order valence-electron chi connectivity index (χ4n) is 2.25. The number of phenols is 1. The molecule has 0 atom stereocenters. The molecular formula is C18H13ClN2O4. The molecule has 2 aromatic rings. The number of carbonyl (C=O) groups excluding carboxylic acids is 1. The summed E-state index contributed by atoms with van der Waals surface area (Å²) < 4.78 is 10.9. The number of phenolic OH excluding ortho intramolecular Hbond substituents is 1. The van der Waals surface area contributed by atoms with Gasteiger partial charge in [-0.1, -0.05) is 17.7 Å². The number of anilines is 1. The molecule has 0 spiro atoms. The van der Waals surface area contributed by atoms with Gasteiger partial charge in [0.05, 0.1) is 5.02 Å². The number of hydrogen-bond acceptors (Lipinski definition) is 5. The largest absolute Gasteiger partial charge is 0.506 e. The standard InChI is InChI=1S/C18H13ClN2O4/c19-14-8-11(1-3-15(14)22)7-12(10-20)18(23)21-13-2-4-16-17(9-13)25-6-5-24-16/h1-4,7-9,22H,5-6H2,(H,21,23). The summed E-state index contributed by atoms with van der Waals surface area (Å²) in [5, 5.41) is 21.4. The van der Waals surface area contributed by atoms with Crippen LogP contribution in [-0.4, -0.2) is 24.2 Å². The van der Waals surface area contributed by atoms with E-state index in [1.54, 1.807) is 24.3 Å². The summed E-state index contributed by atoms with van der Waals surface area (Å²) in [4.78, 5) is 12.3. The lowest BCUT2D eigenvalue weighted by atomic mass is 10.1. The quantitative estimate of drug-likeness (QED) is 0.650. The van der Waals surface area contributed by atoms with Gasteiger partial charge in [-0.2, -0.15) is 5.26 Å². The van der Waals surface area contributed by atoms with E-state index < -0.39 is 5.91 Å². The lowest BCUT2D eigenvalue weighted by Gasteiger charge is -2.18. The van der Waals surface area contributed by atoms with Crippen LogP contribution in [0.4, 0.5) is 5.69 Å². The third-order valence-electron chi connectivity index (χ3n) is 3.45. The molecule has 25 heavy (non-hydrogen) atoms. The minimum absolute atomic E-state index is 0.0712. The van der Waals surface area contributed by atoms with Crippen molar-refractivity contribution in [3.63, 3.8) is 0 Å². The van der Waals surface area contributed by atoms with E-state index in [4.69, 9.17) is 21.1 Å². The molecular weight excluding hydrogens is 344 g/mol. The van der Waals surface area contributed by atoms with Crippen molar-refractivity contribution in [2.24, 2.45) is 0 Å². The highest BCUT2D eigenvalue weighted by molar-refractivity contribution is 6.32. The Morgan fingerprint density at radius 1 is 1.20 bits per heavy atom. The van der Waals surface area contributed by atoms with Crippen LogP contribution in [0.3, 0.4) is 0 Å². The second-order valence-corrected chi connectivity index (χ2v) is 5.60. The van der Waals surface area contributed by atoms with E-state index >= 15 is 0 Å². The summed E-state index contributed by atoms with van der Waals surface area (Å²) in [5.41, 5.74) is 0.910. The first kappa shape index (κ1) is 16.7. The Kier molecular flexibility index (Phi) is 4.78. The van der Waals surface area contributed by atoms with E-state index in [0.717, 1.165) is 0 Å². The van der Waals surface area contributed by atoms with Gasteiger partial charge in [-0.05, 0) is 35.9 Å². The van der Waals surface area contributed by atoms with E-state index in [-0.39, 0.29) is 16.3 Å². The number of aromatic hydroxyl groups is 1. The second kappa shape index (κ2) is 7.16. The maximum atomic E-state index is 12.3. The highest BCUT2D eigenvalue weighted by atomic mass is 35.5. The van der Waals surface area contributed by atoms with E-state index in [0.29, 0.717) is 36.0 Å². The molecule has 0 saturated heterocycles. The van der Waals surface area contributed by atoms with E-state index in [1.165, 1.54) is 18.2 Å². The number of rotatable bonds is 3. The predicted octanol–water partition coefficient (Wildman–Crippen LogP) is 3.36. The summed E-state index contributed by atoms with van der Waals surface area (Å²) in [6.45, 7) is 0.921. The summed E-state index contributed by atoms with van der Waals surface area (Å²) in [5.74, 6) is 0.511.